The van der Waals surface area contributed by atoms with E-state index < -0.39 is 85.3 Å². The van der Waals surface area contributed by atoms with E-state index in [4.69, 9.17) is 90.8 Å². The number of ether oxygens (including phenoxy) is 15. The molecule has 0 amide bonds. The molecule has 1 heterocycles. The molecule has 650 valence electrons. The fourth-order valence-corrected chi connectivity index (χ4v) is 15.2. The Morgan fingerprint density at radius 2 is 0.496 bits per heavy atom. The zero-order chi connectivity index (χ0) is 86.5. The van der Waals surface area contributed by atoms with E-state index in [1.165, 1.54) is 0 Å². The van der Waals surface area contributed by atoms with Gasteiger partial charge in [-0.1, -0.05) is 372 Å². The fourth-order valence-electron chi connectivity index (χ4n) is 15.2. The molecule has 11 aromatic rings. The Bertz CT molecular complexity index is 4830. The highest BCUT2D eigenvalue weighted by Crippen LogP contribution is 2.41. The van der Waals surface area contributed by atoms with E-state index in [0.29, 0.717) is 30.3 Å². The van der Waals surface area contributed by atoms with Gasteiger partial charge in [-0.05, 0) is 67.6 Å². The molecule has 0 bridgehead atoms. The van der Waals surface area contributed by atoms with Gasteiger partial charge in [0.15, 0.2) is 18.3 Å². The minimum Gasteiger partial charge on any atom is -0.490 e. The molecule has 0 spiro atoms. The first-order chi connectivity index (χ1) is 61.6. The molecule has 0 N–H and O–H groups in total. The molecule has 0 unspecified atom stereocenters. The Kier molecular flexibility index (Phi) is 39.1. The summed E-state index contributed by atoms with van der Waals surface area (Å²) < 4.78 is 107. The fraction of sp³-hybridized carbons (Fsp3) is 0.291. The maximum atomic E-state index is 7.91. The highest BCUT2D eigenvalue weighted by atomic mass is 16.6. The number of rotatable bonds is 58. The molecule has 1 aliphatic rings. The van der Waals surface area contributed by atoms with Crippen molar-refractivity contribution in [1.29, 1.82) is 0 Å². The molecule has 0 radical (unpaired) electrons. The Morgan fingerprint density at radius 3 is 0.768 bits per heavy atom. The van der Waals surface area contributed by atoms with E-state index in [1.54, 1.807) is 18.2 Å². The zero-order valence-corrected chi connectivity index (χ0v) is 71.7. The molecular formula is C110H120O15. The van der Waals surface area contributed by atoms with Crippen LogP contribution in [0.3, 0.4) is 0 Å². The van der Waals surface area contributed by atoms with Gasteiger partial charge in [0.05, 0.1) is 128 Å². The summed E-state index contributed by atoms with van der Waals surface area (Å²) in [6.07, 6.45) is -3.84. The zero-order valence-electron chi connectivity index (χ0n) is 71.7. The minimum atomic E-state index is -0.837. The molecule has 12 rings (SSSR count). The van der Waals surface area contributed by atoms with E-state index >= 15 is 0 Å². The predicted octanol–water partition coefficient (Wildman–Crippen LogP) is 22.5. The number of benzene rings is 11. The lowest BCUT2D eigenvalue weighted by Crippen LogP contribution is -2.57. The van der Waals surface area contributed by atoms with Crippen molar-refractivity contribution in [1.82, 2.24) is 0 Å². The number of hydrogen-bond acceptors (Lipinski definition) is 15. The van der Waals surface area contributed by atoms with Gasteiger partial charge in [-0.15, -0.1) is 19.7 Å². The van der Waals surface area contributed by atoms with E-state index in [2.05, 4.69) is 31.9 Å². The predicted molar refractivity (Wildman–Crippen MR) is 492 cm³/mol. The first-order valence-corrected chi connectivity index (χ1v) is 43.3. The molecule has 125 heavy (non-hydrogen) atoms. The van der Waals surface area contributed by atoms with Gasteiger partial charge in [-0.25, -0.2) is 0 Å². The third-order valence-electron chi connectivity index (χ3n) is 21.7. The Balaban J connectivity index is 0.936. The largest absolute Gasteiger partial charge is 0.490 e. The average Bonchev–Trinajstić information content (AvgIpc) is 0.779. The van der Waals surface area contributed by atoms with Gasteiger partial charge in [0, 0.05) is 25.2 Å². The van der Waals surface area contributed by atoms with Crippen LogP contribution in [-0.2, 0) is 144 Å². The Hall–Kier alpha value is -11.2. The lowest BCUT2D eigenvalue weighted by molar-refractivity contribution is -0.239. The summed E-state index contributed by atoms with van der Waals surface area (Å²) in [6, 6.07) is 111. The van der Waals surface area contributed by atoms with Crippen molar-refractivity contribution in [2.75, 3.05) is 19.8 Å². The van der Waals surface area contributed by atoms with Crippen LogP contribution in [0.1, 0.15) is 86.9 Å². The topological polar surface area (TPSA) is 138 Å². The molecule has 15 heteroatoms. The van der Waals surface area contributed by atoms with E-state index in [-0.39, 0.29) is 105 Å². The number of allylic oxidation sites excluding steroid dienone is 2. The first-order valence-electron chi connectivity index (χ1n) is 43.3. The Labute approximate surface area is 740 Å². The van der Waals surface area contributed by atoms with E-state index in [1.807, 2.05) is 322 Å². The van der Waals surface area contributed by atoms with Gasteiger partial charge in [0.25, 0.3) is 0 Å². The van der Waals surface area contributed by atoms with Crippen LogP contribution in [-0.4, -0.2) is 99.2 Å². The SMILES string of the molecule is C=C[C@@H](OCc1ccccc1)[C@H](OCc1ccccc1)[C@@H](COCc1ccccc1)OC(=C)CC[C@H]1O[C@H](CC(=C)O[C@H](COCc2ccccc2)[C@@H](OCc2ccccc2)[C@@H](C=C)OCc2ccccc2)[C@H](OCc2ccccc2)[C@@H](OCc2ccccc2)[C@H]1CC(=C)O[C@H](COCc1ccccc1)[C@@H](OCc1ccccc1)[C@@H](C=C)OCc1ccccc1. The Morgan fingerprint density at radius 1 is 0.264 bits per heavy atom. The summed E-state index contributed by atoms with van der Waals surface area (Å²) in [5.41, 5.74) is 10.7. The third-order valence-corrected chi connectivity index (χ3v) is 21.7. The van der Waals surface area contributed by atoms with Gasteiger partial charge >= 0.3 is 0 Å². The van der Waals surface area contributed by atoms with Gasteiger partial charge in [0.2, 0.25) is 0 Å². The molecule has 14 atom stereocenters. The smallest absolute Gasteiger partial charge is 0.150 e. The highest BCUT2D eigenvalue weighted by molar-refractivity contribution is 5.23. The second-order valence-electron chi connectivity index (χ2n) is 31.2. The van der Waals surface area contributed by atoms with Gasteiger partial charge in [-0.2, -0.15) is 0 Å². The van der Waals surface area contributed by atoms with Crippen LogP contribution in [0.25, 0.3) is 0 Å². The summed E-state index contributed by atoms with van der Waals surface area (Å²) in [6.45, 7) is 30.5. The number of hydrogen-bond donors (Lipinski definition) is 0. The summed E-state index contributed by atoms with van der Waals surface area (Å²) in [5.74, 6) is 0.624. The molecule has 0 saturated carbocycles. The lowest BCUT2D eigenvalue weighted by atomic mass is 9.80. The quantitative estimate of drug-likeness (QED) is 0.0264. The lowest BCUT2D eigenvalue weighted by Gasteiger charge is -2.47. The maximum Gasteiger partial charge on any atom is 0.150 e. The molecule has 1 saturated heterocycles. The van der Waals surface area contributed by atoms with Crippen LogP contribution in [0.15, 0.2) is 409 Å². The van der Waals surface area contributed by atoms with Crippen LogP contribution in [0.4, 0.5) is 0 Å². The molecule has 15 nitrogen and oxygen atoms in total. The van der Waals surface area contributed by atoms with Crippen molar-refractivity contribution in [3.05, 3.63) is 470 Å². The van der Waals surface area contributed by atoms with Crippen LogP contribution < -0.4 is 0 Å². The van der Waals surface area contributed by atoms with E-state index in [0.717, 1.165) is 61.2 Å². The molecule has 11 aromatic carbocycles. The summed E-state index contributed by atoms with van der Waals surface area (Å²) in [5, 5.41) is 0. The minimum absolute atomic E-state index is 0.0640. The van der Waals surface area contributed by atoms with Crippen molar-refractivity contribution in [2.24, 2.45) is 5.92 Å². The molecule has 1 aliphatic heterocycles. The second kappa shape index (κ2) is 52.5. The molecule has 0 aromatic heterocycles. The third kappa shape index (κ3) is 31.5. The van der Waals surface area contributed by atoms with Crippen LogP contribution in [0, 0.1) is 5.92 Å². The molecular weight excluding hydrogens is 1560 g/mol. The summed E-state index contributed by atoms with van der Waals surface area (Å²) in [4.78, 5) is 0. The summed E-state index contributed by atoms with van der Waals surface area (Å²) in [7, 11) is 0. The molecule has 0 aliphatic carbocycles. The molecule has 1 fully saturated rings. The van der Waals surface area contributed by atoms with Gasteiger partial charge in [-0.3, -0.25) is 0 Å². The first kappa shape index (κ1) is 92.9. The maximum absolute atomic E-state index is 7.91. The van der Waals surface area contributed by atoms with Crippen molar-refractivity contribution in [3.8, 4) is 0 Å². The van der Waals surface area contributed by atoms with Crippen LogP contribution in [0.5, 0.6) is 0 Å². The standard InChI is InChI=1S/C110H120O15/c1-7-98(114-72-89-49-27-13-28-50-89)107(118-76-93-57-35-17-36-58-93)103(80-111-69-86-43-21-10-22-44-86)122-83(4)65-66-101-97(67-84(5)123-104(81-112-70-87-45-23-11-24-46-87)108(119-77-94-59-37-18-38-60-94)99(8-2)115-73-90-51-29-14-30-52-90)106(117-75-92-55-33-16-34-56-92)110(121-79-96-63-41-20-42-64-96)102(125-101)68-85(6)124-105(82-113-71-88-47-25-12-26-48-88)109(120-78-95-61-39-19-40-62-95)100(9-3)116-74-91-53-31-15-32-54-91/h7-64,97-110H,1-6,65-82H2/t97-,98+,99+,100+,101+,102+,103+,104+,105+,106-,107-,108-,109-,110-/m0/s1. The van der Waals surface area contributed by atoms with Gasteiger partial charge < -0.3 is 71.1 Å². The monoisotopic (exact) mass is 1680 g/mol. The van der Waals surface area contributed by atoms with E-state index in [9.17, 15) is 0 Å². The van der Waals surface area contributed by atoms with Crippen molar-refractivity contribution < 1.29 is 71.1 Å². The van der Waals surface area contributed by atoms with Crippen molar-refractivity contribution in [3.63, 3.8) is 0 Å². The van der Waals surface area contributed by atoms with Gasteiger partial charge in [0.1, 0.15) is 42.7 Å². The second-order valence-corrected chi connectivity index (χ2v) is 31.2. The van der Waals surface area contributed by atoms with Crippen molar-refractivity contribution in [2.45, 2.75) is 178 Å². The summed E-state index contributed by atoms with van der Waals surface area (Å²) >= 11 is 0. The van der Waals surface area contributed by atoms with Crippen LogP contribution in [0.2, 0.25) is 0 Å². The average molecular weight is 1680 g/mol. The normalized spacial score (nSPS) is 17.2. The van der Waals surface area contributed by atoms with Crippen molar-refractivity contribution >= 4 is 0 Å². The van der Waals surface area contributed by atoms with Crippen LogP contribution >= 0.6 is 0 Å². The highest BCUT2D eigenvalue weighted by Gasteiger charge is 2.49.